The summed E-state index contributed by atoms with van der Waals surface area (Å²) in [5.41, 5.74) is 1.97. The average Bonchev–Trinajstić information content (AvgIpc) is 2.55. The van der Waals surface area contributed by atoms with Crippen LogP contribution in [0.5, 0.6) is 0 Å². The highest BCUT2D eigenvalue weighted by Gasteiger charge is 2.03. The van der Waals surface area contributed by atoms with Crippen LogP contribution in [0.1, 0.15) is 31.9 Å². The summed E-state index contributed by atoms with van der Waals surface area (Å²) >= 11 is 0. The van der Waals surface area contributed by atoms with Gasteiger partial charge in [0.2, 0.25) is 0 Å². The molecule has 1 heterocycles. The number of aryl methyl sites for hydroxylation is 2. The van der Waals surface area contributed by atoms with Crippen molar-refractivity contribution < 1.29 is 4.39 Å². The highest BCUT2D eigenvalue weighted by molar-refractivity contribution is 5.85. The molecule has 0 saturated heterocycles. The van der Waals surface area contributed by atoms with Crippen molar-refractivity contribution in [3.05, 3.63) is 11.9 Å². The largest absolute Gasteiger partial charge is 0.382 e. The Morgan fingerprint density at radius 3 is 2.81 bits per heavy atom. The maximum absolute atomic E-state index is 12.1. The van der Waals surface area contributed by atoms with E-state index >= 15 is 0 Å². The molecular weight excluding hydrogens is 229 g/mol. The number of halogens is 2. The van der Waals surface area contributed by atoms with Crippen LogP contribution in [0.2, 0.25) is 0 Å². The molecule has 0 saturated carbocycles. The lowest BCUT2D eigenvalue weighted by Gasteiger charge is -2.02. The Bertz CT molecular complexity index is 289. The Balaban J connectivity index is 0.00000225. The second-order valence-electron chi connectivity index (χ2n) is 3.71. The lowest BCUT2D eigenvalue weighted by atomic mass is 10.2. The molecule has 0 radical (unpaired) electrons. The first kappa shape index (κ1) is 15.2. The predicted molar refractivity (Wildman–Crippen MR) is 68.2 cm³/mol. The highest BCUT2D eigenvalue weighted by Crippen LogP contribution is 2.12. The third kappa shape index (κ3) is 4.84. The van der Waals surface area contributed by atoms with Crippen molar-refractivity contribution in [1.82, 2.24) is 9.78 Å². The SMILES string of the molecule is CCCCCNc1cn(CCF)nc1C.Cl. The van der Waals surface area contributed by atoms with E-state index in [1.807, 2.05) is 13.1 Å². The Hall–Kier alpha value is -0.770. The molecule has 0 aliphatic heterocycles. The standard InChI is InChI=1S/C11H20FN3.ClH/c1-3-4-5-7-13-11-9-15(8-6-12)14-10(11)2;/h9,13H,3-8H2,1-2H3;1H. The minimum atomic E-state index is -0.365. The van der Waals surface area contributed by atoms with Crippen LogP contribution in [-0.2, 0) is 6.54 Å². The average molecular weight is 250 g/mol. The van der Waals surface area contributed by atoms with Crippen molar-refractivity contribution >= 4 is 18.1 Å². The first-order valence-corrected chi connectivity index (χ1v) is 5.61. The summed E-state index contributed by atoms with van der Waals surface area (Å²) in [7, 11) is 0. The fraction of sp³-hybridized carbons (Fsp3) is 0.727. The Labute approximate surface area is 103 Å². The van der Waals surface area contributed by atoms with Crippen LogP contribution in [0.25, 0.3) is 0 Å². The third-order valence-corrected chi connectivity index (χ3v) is 2.36. The number of hydrogen-bond acceptors (Lipinski definition) is 2. The lowest BCUT2D eigenvalue weighted by molar-refractivity contribution is 0.426. The van der Waals surface area contributed by atoms with Gasteiger partial charge in [-0.15, -0.1) is 12.4 Å². The van der Waals surface area contributed by atoms with Crippen molar-refractivity contribution in [3.8, 4) is 0 Å². The molecule has 0 spiro atoms. The quantitative estimate of drug-likeness (QED) is 0.753. The van der Waals surface area contributed by atoms with Gasteiger partial charge in [0.15, 0.2) is 0 Å². The normalized spacial score (nSPS) is 9.94. The zero-order chi connectivity index (χ0) is 11.1. The summed E-state index contributed by atoms with van der Waals surface area (Å²) < 4.78 is 13.7. The molecule has 1 N–H and O–H groups in total. The molecule has 3 nitrogen and oxygen atoms in total. The van der Waals surface area contributed by atoms with Gasteiger partial charge in [-0.25, -0.2) is 4.39 Å². The van der Waals surface area contributed by atoms with Crippen LogP contribution in [0.15, 0.2) is 6.20 Å². The van der Waals surface area contributed by atoms with Gasteiger partial charge < -0.3 is 5.32 Å². The molecule has 1 aromatic rings. The molecule has 0 aliphatic carbocycles. The van der Waals surface area contributed by atoms with Gasteiger partial charge in [0.1, 0.15) is 6.67 Å². The van der Waals surface area contributed by atoms with Crippen LogP contribution < -0.4 is 5.32 Å². The number of rotatable bonds is 7. The fourth-order valence-corrected chi connectivity index (χ4v) is 1.49. The first-order valence-electron chi connectivity index (χ1n) is 5.61. The molecule has 0 aliphatic rings. The number of nitrogens with one attached hydrogen (secondary N) is 1. The van der Waals surface area contributed by atoms with Gasteiger partial charge in [0.05, 0.1) is 17.9 Å². The van der Waals surface area contributed by atoms with Crippen molar-refractivity contribution in [2.24, 2.45) is 0 Å². The Morgan fingerprint density at radius 2 is 2.19 bits per heavy atom. The third-order valence-electron chi connectivity index (χ3n) is 2.36. The van der Waals surface area contributed by atoms with Crippen LogP contribution in [-0.4, -0.2) is 23.0 Å². The minimum Gasteiger partial charge on any atom is -0.382 e. The fourth-order valence-electron chi connectivity index (χ4n) is 1.49. The van der Waals surface area contributed by atoms with Crippen molar-refractivity contribution in [2.45, 2.75) is 39.7 Å². The smallest absolute Gasteiger partial charge is 0.109 e. The first-order chi connectivity index (χ1) is 7.27. The zero-order valence-corrected chi connectivity index (χ0v) is 10.8. The van der Waals surface area contributed by atoms with Crippen molar-refractivity contribution in [1.29, 1.82) is 0 Å². The molecule has 94 valence electrons. The number of alkyl halides is 1. The van der Waals surface area contributed by atoms with Gasteiger partial charge in [0.25, 0.3) is 0 Å². The van der Waals surface area contributed by atoms with E-state index in [2.05, 4.69) is 17.3 Å². The van der Waals surface area contributed by atoms with E-state index in [-0.39, 0.29) is 19.1 Å². The number of unbranched alkanes of at least 4 members (excludes halogenated alkanes) is 2. The second kappa shape index (κ2) is 8.39. The van der Waals surface area contributed by atoms with E-state index < -0.39 is 0 Å². The van der Waals surface area contributed by atoms with Gasteiger partial charge >= 0.3 is 0 Å². The van der Waals surface area contributed by atoms with Crippen LogP contribution >= 0.6 is 12.4 Å². The summed E-state index contributed by atoms with van der Waals surface area (Å²) in [6.07, 6.45) is 5.51. The van der Waals surface area contributed by atoms with Gasteiger partial charge in [-0.1, -0.05) is 19.8 Å². The summed E-state index contributed by atoms with van der Waals surface area (Å²) in [4.78, 5) is 0. The van der Waals surface area contributed by atoms with E-state index in [9.17, 15) is 4.39 Å². The maximum Gasteiger partial charge on any atom is 0.109 e. The van der Waals surface area contributed by atoms with Crippen LogP contribution in [0.4, 0.5) is 10.1 Å². The molecule has 0 aromatic carbocycles. The Morgan fingerprint density at radius 1 is 1.44 bits per heavy atom. The number of nitrogens with zero attached hydrogens (tertiary/aromatic N) is 2. The van der Waals surface area contributed by atoms with Crippen molar-refractivity contribution in [3.63, 3.8) is 0 Å². The number of aromatic nitrogens is 2. The molecule has 0 bridgehead atoms. The number of hydrogen-bond donors (Lipinski definition) is 1. The van der Waals surface area contributed by atoms with Gasteiger partial charge in [-0.05, 0) is 13.3 Å². The summed E-state index contributed by atoms with van der Waals surface area (Å²) in [6, 6.07) is 0. The van der Waals surface area contributed by atoms with Crippen LogP contribution in [0.3, 0.4) is 0 Å². The van der Waals surface area contributed by atoms with E-state index in [1.54, 1.807) is 4.68 Å². The molecule has 16 heavy (non-hydrogen) atoms. The molecule has 0 unspecified atom stereocenters. The molecular formula is C11H21ClFN3. The van der Waals surface area contributed by atoms with E-state index in [1.165, 1.54) is 19.3 Å². The van der Waals surface area contributed by atoms with Crippen LogP contribution in [0, 0.1) is 6.92 Å². The zero-order valence-electron chi connectivity index (χ0n) is 10.0. The summed E-state index contributed by atoms with van der Waals surface area (Å²) in [5.74, 6) is 0. The Kier molecular flexibility index (Phi) is 7.99. The maximum atomic E-state index is 12.1. The topological polar surface area (TPSA) is 29.9 Å². The molecule has 0 atom stereocenters. The van der Waals surface area contributed by atoms with Crippen molar-refractivity contribution in [2.75, 3.05) is 18.5 Å². The molecule has 1 rings (SSSR count). The predicted octanol–water partition coefficient (Wildman–Crippen LogP) is 3.18. The monoisotopic (exact) mass is 249 g/mol. The van der Waals surface area contributed by atoms with Gasteiger partial charge in [-0.2, -0.15) is 5.10 Å². The molecule has 1 aromatic heterocycles. The minimum absolute atomic E-state index is 0. The highest BCUT2D eigenvalue weighted by atomic mass is 35.5. The van der Waals surface area contributed by atoms with E-state index in [0.29, 0.717) is 6.54 Å². The van der Waals surface area contributed by atoms with Gasteiger partial charge in [-0.3, -0.25) is 4.68 Å². The van der Waals surface area contributed by atoms with Gasteiger partial charge in [0, 0.05) is 12.7 Å². The summed E-state index contributed by atoms with van der Waals surface area (Å²) in [6.45, 7) is 5.07. The molecule has 0 amide bonds. The lowest BCUT2D eigenvalue weighted by Crippen LogP contribution is -2.01. The second-order valence-corrected chi connectivity index (χ2v) is 3.71. The number of anilines is 1. The van der Waals surface area contributed by atoms with E-state index in [0.717, 1.165) is 17.9 Å². The summed E-state index contributed by atoms with van der Waals surface area (Å²) in [5, 5.41) is 7.53. The molecule has 0 fully saturated rings. The van der Waals surface area contributed by atoms with E-state index in [4.69, 9.17) is 0 Å². The molecule has 5 heteroatoms.